The van der Waals surface area contributed by atoms with Gasteiger partial charge < -0.3 is 14.9 Å². The minimum atomic E-state index is -1.10. The lowest BCUT2D eigenvalue weighted by molar-refractivity contribution is -0.131. The van der Waals surface area contributed by atoms with Gasteiger partial charge in [-0.05, 0) is 12.1 Å². The number of nitrogens with zero attached hydrogens (tertiary/aromatic N) is 3. The summed E-state index contributed by atoms with van der Waals surface area (Å²) in [4.78, 5) is 30.3. The van der Waals surface area contributed by atoms with Crippen molar-refractivity contribution >= 4 is 18.0 Å². The lowest BCUT2D eigenvalue weighted by Gasteiger charge is -2.06. The zero-order valence-corrected chi connectivity index (χ0v) is 10.9. The van der Waals surface area contributed by atoms with Crippen LogP contribution >= 0.6 is 0 Å². The van der Waals surface area contributed by atoms with Gasteiger partial charge in [-0.2, -0.15) is 4.98 Å². The maximum absolute atomic E-state index is 12.1. The van der Waals surface area contributed by atoms with Gasteiger partial charge in [-0.25, -0.2) is 4.79 Å². The number of carboxylic acids is 1. The zero-order valence-electron chi connectivity index (χ0n) is 10.9. The summed E-state index contributed by atoms with van der Waals surface area (Å²) in [5, 5.41) is 14.8. The number of aromatic nitrogens is 3. The van der Waals surface area contributed by atoms with Gasteiger partial charge >= 0.3 is 5.97 Å². The Morgan fingerprint density at radius 2 is 2.29 bits per heavy atom. The molecule has 8 heteroatoms. The molecule has 0 aliphatic carbocycles. The molecule has 0 saturated carbocycles. The zero-order chi connectivity index (χ0) is 15.1. The maximum atomic E-state index is 12.1. The molecule has 0 aliphatic heterocycles. The normalized spacial score (nSPS) is 10.7. The van der Waals surface area contributed by atoms with Crippen LogP contribution in [0.3, 0.4) is 0 Å². The topological polar surface area (TPSA) is 118 Å². The predicted molar refractivity (Wildman–Crippen MR) is 71.2 cm³/mol. The van der Waals surface area contributed by atoms with Gasteiger partial charge in [0.25, 0.3) is 5.91 Å². The molecular formula is C13H12N4O4. The van der Waals surface area contributed by atoms with Crippen LogP contribution in [0.4, 0.5) is 0 Å². The number of pyridine rings is 1. The van der Waals surface area contributed by atoms with Crippen LogP contribution in [-0.4, -0.2) is 38.7 Å². The number of hydrogen-bond donors (Lipinski definition) is 2. The van der Waals surface area contributed by atoms with Crippen LogP contribution in [0.15, 0.2) is 35.4 Å². The van der Waals surface area contributed by atoms with Gasteiger partial charge in [0.2, 0.25) is 5.89 Å². The molecule has 108 valence electrons. The standard InChI is InChI=1S/C13H12N4O4/c18-12(19)2-1-9-7-14-5-3-10(9)13(20)15-6-4-11-16-8-17-21-11/h1-3,5,7-8H,4,6H2,(H,15,20)(H,18,19)/b2-1+. The summed E-state index contributed by atoms with van der Waals surface area (Å²) < 4.78 is 4.81. The summed E-state index contributed by atoms with van der Waals surface area (Å²) in [6, 6.07) is 1.52. The smallest absolute Gasteiger partial charge is 0.328 e. The van der Waals surface area contributed by atoms with Crippen molar-refractivity contribution in [2.75, 3.05) is 6.54 Å². The molecule has 2 heterocycles. The monoisotopic (exact) mass is 288 g/mol. The van der Waals surface area contributed by atoms with Crippen LogP contribution < -0.4 is 5.32 Å². The summed E-state index contributed by atoms with van der Waals surface area (Å²) in [6.45, 7) is 0.325. The highest BCUT2D eigenvalue weighted by atomic mass is 16.5. The molecule has 0 fully saturated rings. The van der Waals surface area contributed by atoms with E-state index in [2.05, 4.69) is 20.4 Å². The third-order valence-corrected chi connectivity index (χ3v) is 2.53. The summed E-state index contributed by atoms with van der Waals surface area (Å²) in [5.74, 6) is -1.00. The first kappa shape index (κ1) is 14.4. The molecule has 8 nitrogen and oxygen atoms in total. The SMILES string of the molecule is O=C(O)/C=C/c1cnccc1C(=O)NCCc1ncno1. The minimum absolute atomic E-state index is 0.325. The van der Waals surface area contributed by atoms with E-state index in [4.69, 9.17) is 9.63 Å². The number of carboxylic acid groups (broad SMARTS) is 1. The Labute approximate surface area is 119 Å². The van der Waals surface area contributed by atoms with Gasteiger partial charge in [0.05, 0.1) is 0 Å². The number of hydrogen-bond acceptors (Lipinski definition) is 6. The highest BCUT2D eigenvalue weighted by Crippen LogP contribution is 2.09. The van der Waals surface area contributed by atoms with Crippen molar-refractivity contribution in [1.82, 2.24) is 20.4 Å². The summed E-state index contributed by atoms with van der Waals surface area (Å²) >= 11 is 0. The van der Waals surface area contributed by atoms with Crippen LogP contribution in [0.25, 0.3) is 6.08 Å². The fourth-order valence-corrected chi connectivity index (χ4v) is 1.59. The van der Waals surface area contributed by atoms with Crippen LogP contribution in [0.5, 0.6) is 0 Å². The Balaban J connectivity index is 2.00. The molecule has 0 bridgehead atoms. The Kier molecular flexibility index (Phi) is 4.75. The molecule has 1 amide bonds. The largest absolute Gasteiger partial charge is 0.478 e. The van der Waals surface area contributed by atoms with Crippen LogP contribution in [0, 0.1) is 0 Å². The van der Waals surface area contributed by atoms with Crippen molar-refractivity contribution in [1.29, 1.82) is 0 Å². The predicted octanol–water partition coefficient (Wildman–Crippen LogP) is 0.535. The first-order valence-corrected chi connectivity index (χ1v) is 6.05. The molecule has 2 aromatic heterocycles. The molecule has 21 heavy (non-hydrogen) atoms. The van der Waals surface area contributed by atoms with Crippen molar-refractivity contribution in [3.63, 3.8) is 0 Å². The van der Waals surface area contributed by atoms with Gasteiger partial charge in [-0.3, -0.25) is 9.78 Å². The van der Waals surface area contributed by atoms with E-state index in [1.54, 1.807) is 0 Å². The second-order valence-corrected chi connectivity index (χ2v) is 3.98. The molecule has 2 aromatic rings. The Morgan fingerprint density at radius 1 is 1.43 bits per heavy atom. The maximum Gasteiger partial charge on any atom is 0.328 e. The summed E-state index contributed by atoms with van der Waals surface area (Å²) in [5.41, 5.74) is 0.767. The molecule has 0 radical (unpaired) electrons. The van der Waals surface area contributed by atoms with Crippen molar-refractivity contribution < 1.29 is 19.2 Å². The molecular weight excluding hydrogens is 276 g/mol. The highest BCUT2D eigenvalue weighted by molar-refractivity contribution is 5.98. The molecule has 0 spiro atoms. The molecule has 0 aromatic carbocycles. The Morgan fingerprint density at radius 3 is 3.00 bits per heavy atom. The van der Waals surface area contributed by atoms with Gasteiger partial charge in [-0.15, -0.1) is 0 Å². The Hall–Kier alpha value is -3.03. The second-order valence-electron chi connectivity index (χ2n) is 3.98. The first-order chi connectivity index (χ1) is 10.2. The van der Waals surface area contributed by atoms with Gasteiger partial charge in [0.1, 0.15) is 0 Å². The quantitative estimate of drug-likeness (QED) is 0.744. The van der Waals surface area contributed by atoms with E-state index in [1.165, 1.54) is 30.9 Å². The average Bonchev–Trinajstić information content (AvgIpc) is 2.98. The first-order valence-electron chi connectivity index (χ1n) is 6.05. The average molecular weight is 288 g/mol. The number of carbonyl (C=O) groups excluding carboxylic acids is 1. The third kappa shape index (κ3) is 4.23. The molecule has 2 N–H and O–H groups in total. The number of carbonyl (C=O) groups is 2. The Bertz CT molecular complexity index is 652. The lowest BCUT2D eigenvalue weighted by Crippen LogP contribution is -2.26. The number of aliphatic carboxylic acids is 1. The molecule has 0 aliphatic rings. The highest BCUT2D eigenvalue weighted by Gasteiger charge is 2.10. The number of rotatable bonds is 6. The van der Waals surface area contributed by atoms with Gasteiger partial charge in [0.15, 0.2) is 6.33 Å². The lowest BCUT2D eigenvalue weighted by atomic mass is 10.1. The van der Waals surface area contributed by atoms with Crippen LogP contribution in [0.2, 0.25) is 0 Å². The molecule has 2 rings (SSSR count). The van der Waals surface area contributed by atoms with E-state index < -0.39 is 5.97 Å². The van der Waals surface area contributed by atoms with E-state index in [1.807, 2.05) is 0 Å². The van der Waals surface area contributed by atoms with E-state index in [-0.39, 0.29) is 5.91 Å². The molecule has 0 unspecified atom stereocenters. The third-order valence-electron chi connectivity index (χ3n) is 2.53. The molecule has 0 saturated heterocycles. The number of amides is 1. The molecule has 0 atom stereocenters. The summed E-state index contributed by atoms with van der Waals surface area (Å²) in [7, 11) is 0. The van der Waals surface area contributed by atoms with Gasteiger partial charge in [-0.1, -0.05) is 5.16 Å². The van der Waals surface area contributed by atoms with Crippen LogP contribution in [0.1, 0.15) is 21.8 Å². The second kappa shape index (κ2) is 6.94. The fraction of sp³-hybridized carbons (Fsp3) is 0.154. The number of nitrogens with one attached hydrogen (secondary N) is 1. The van der Waals surface area contributed by atoms with Crippen molar-refractivity contribution in [3.05, 3.63) is 47.9 Å². The van der Waals surface area contributed by atoms with Gasteiger partial charge in [0, 0.05) is 42.6 Å². The van der Waals surface area contributed by atoms with E-state index >= 15 is 0 Å². The van der Waals surface area contributed by atoms with E-state index in [0.29, 0.717) is 30.0 Å². The van der Waals surface area contributed by atoms with Crippen LogP contribution in [-0.2, 0) is 11.2 Å². The van der Waals surface area contributed by atoms with Crippen molar-refractivity contribution in [2.45, 2.75) is 6.42 Å². The minimum Gasteiger partial charge on any atom is -0.478 e. The van der Waals surface area contributed by atoms with E-state index in [9.17, 15) is 9.59 Å². The van der Waals surface area contributed by atoms with Crippen molar-refractivity contribution in [2.24, 2.45) is 0 Å². The van der Waals surface area contributed by atoms with Crippen molar-refractivity contribution in [3.8, 4) is 0 Å². The van der Waals surface area contributed by atoms with E-state index in [0.717, 1.165) is 6.08 Å². The summed E-state index contributed by atoms with van der Waals surface area (Å²) in [6.07, 6.45) is 6.86. The fourth-order valence-electron chi connectivity index (χ4n) is 1.59.